The summed E-state index contributed by atoms with van der Waals surface area (Å²) in [4.78, 5) is 12.7. The van der Waals surface area contributed by atoms with E-state index in [2.05, 4.69) is 49.5 Å². The van der Waals surface area contributed by atoms with Gasteiger partial charge in [-0.05, 0) is 12.1 Å². The van der Waals surface area contributed by atoms with Crippen molar-refractivity contribution >= 4 is 24.2 Å². The van der Waals surface area contributed by atoms with Crippen LogP contribution in [0.3, 0.4) is 0 Å². The molecule has 0 aromatic heterocycles. The standard InChI is InChI=1S/C22H22O2Si/c1-24-19-9-7-8-18(16-19)22(23)17-12-14-21(15-13-17)25(2,3)20-10-5-4-6-11-20/h4-16H,1-3H3. The molecule has 0 saturated carbocycles. The van der Waals surface area contributed by atoms with Crippen LogP contribution in [0.5, 0.6) is 5.75 Å². The molecule has 0 bridgehead atoms. The van der Waals surface area contributed by atoms with Gasteiger partial charge in [0.25, 0.3) is 0 Å². The molecule has 0 amide bonds. The molecule has 3 aromatic rings. The van der Waals surface area contributed by atoms with Crippen LogP contribution in [0, 0.1) is 0 Å². The minimum absolute atomic E-state index is 0.0182. The van der Waals surface area contributed by atoms with Crippen LogP contribution < -0.4 is 15.1 Å². The van der Waals surface area contributed by atoms with Crippen LogP contribution in [-0.2, 0) is 0 Å². The number of hydrogen-bond donors (Lipinski definition) is 0. The quantitative estimate of drug-likeness (QED) is 0.519. The van der Waals surface area contributed by atoms with E-state index in [0.29, 0.717) is 16.9 Å². The van der Waals surface area contributed by atoms with Crippen LogP contribution in [-0.4, -0.2) is 21.0 Å². The first kappa shape index (κ1) is 17.2. The zero-order valence-corrected chi connectivity index (χ0v) is 15.8. The van der Waals surface area contributed by atoms with Gasteiger partial charge in [0.1, 0.15) is 13.8 Å². The van der Waals surface area contributed by atoms with Gasteiger partial charge in [0.2, 0.25) is 0 Å². The lowest BCUT2D eigenvalue weighted by molar-refractivity contribution is 0.103. The van der Waals surface area contributed by atoms with Gasteiger partial charge in [0, 0.05) is 11.1 Å². The zero-order chi connectivity index (χ0) is 17.9. The van der Waals surface area contributed by atoms with Gasteiger partial charge in [0.05, 0.1) is 7.11 Å². The lowest BCUT2D eigenvalue weighted by atomic mass is 10.0. The third-order valence-corrected chi connectivity index (χ3v) is 8.25. The molecule has 3 rings (SSSR count). The molecule has 0 N–H and O–H groups in total. The molecule has 3 heteroatoms. The molecule has 3 aromatic carbocycles. The molecule has 0 aliphatic heterocycles. The highest BCUT2D eigenvalue weighted by atomic mass is 28.3. The summed E-state index contributed by atoms with van der Waals surface area (Å²) in [5, 5.41) is 2.71. The SMILES string of the molecule is COc1cccc(C(=O)c2ccc([Si](C)(C)c3ccccc3)cc2)c1. The van der Waals surface area contributed by atoms with E-state index in [1.807, 2.05) is 36.4 Å². The van der Waals surface area contributed by atoms with Gasteiger partial charge in [-0.2, -0.15) is 0 Å². The van der Waals surface area contributed by atoms with Gasteiger partial charge in [-0.1, -0.05) is 90.2 Å². The van der Waals surface area contributed by atoms with Gasteiger partial charge in [-0.25, -0.2) is 0 Å². The third-order valence-electron chi connectivity index (χ3n) is 4.70. The van der Waals surface area contributed by atoms with Crippen molar-refractivity contribution in [1.29, 1.82) is 0 Å². The van der Waals surface area contributed by atoms with E-state index < -0.39 is 8.07 Å². The monoisotopic (exact) mass is 346 g/mol. The summed E-state index contributed by atoms with van der Waals surface area (Å²) in [6, 6.07) is 26.0. The van der Waals surface area contributed by atoms with E-state index in [9.17, 15) is 4.79 Å². The summed E-state index contributed by atoms with van der Waals surface area (Å²) < 4.78 is 5.21. The second-order valence-corrected chi connectivity index (χ2v) is 11.0. The summed E-state index contributed by atoms with van der Waals surface area (Å²) in [6.45, 7) is 4.67. The number of hydrogen-bond acceptors (Lipinski definition) is 2. The van der Waals surface area contributed by atoms with Crippen molar-refractivity contribution in [3.63, 3.8) is 0 Å². The topological polar surface area (TPSA) is 26.3 Å². The van der Waals surface area contributed by atoms with Crippen molar-refractivity contribution in [2.24, 2.45) is 0 Å². The molecule has 126 valence electrons. The van der Waals surface area contributed by atoms with Crippen LogP contribution in [0.25, 0.3) is 0 Å². The molecule has 0 saturated heterocycles. The van der Waals surface area contributed by atoms with Gasteiger partial charge < -0.3 is 4.74 Å². The largest absolute Gasteiger partial charge is 0.497 e. The van der Waals surface area contributed by atoms with E-state index in [1.165, 1.54) is 10.4 Å². The van der Waals surface area contributed by atoms with E-state index in [4.69, 9.17) is 4.74 Å². The predicted octanol–water partition coefficient (Wildman–Crippen LogP) is 3.75. The lowest BCUT2D eigenvalue weighted by Crippen LogP contribution is -2.52. The van der Waals surface area contributed by atoms with Crippen LogP contribution in [0.1, 0.15) is 15.9 Å². The predicted molar refractivity (Wildman–Crippen MR) is 106 cm³/mol. The van der Waals surface area contributed by atoms with Crippen molar-refractivity contribution in [1.82, 2.24) is 0 Å². The molecule has 0 heterocycles. The Morgan fingerprint density at radius 1 is 0.760 bits per heavy atom. The first-order valence-corrected chi connectivity index (χ1v) is 11.4. The highest BCUT2D eigenvalue weighted by Gasteiger charge is 2.25. The first-order valence-electron chi connectivity index (χ1n) is 8.37. The van der Waals surface area contributed by atoms with Crippen LogP contribution in [0.4, 0.5) is 0 Å². The molecule has 0 atom stereocenters. The molecule has 0 spiro atoms. The molecule has 25 heavy (non-hydrogen) atoms. The van der Waals surface area contributed by atoms with Crippen molar-refractivity contribution < 1.29 is 9.53 Å². The lowest BCUT2D eigenvalue weighted by Gasteiger charge is -2.23. The van der Waals surface area contributed by atoms with E-state index >= 15 is 0 Å². The fourth-order valence-electron chi connectivity index (χ4n) is 2.99. The Bertz CT molecular complexity index is 868. The van der Waals surface area contributed by atoms with Gasteiger partial charge >= 0.3 is 0 Å². The zero-order valence-electron chi connectivity index (χ0n) is 14.8. The van der Waals surface area contributed by atoms with Crippen molar-refractivity contribution in [3.8, 4) is 5.75 Å². The summed E-state index contributed by atoms with van der Waals surface area (Å²) in [5.41, 5.74) is 1.35. The van der Waals surface area contributed by atoms with E-state index in [0.717, 1.165) is 0 Å². The summed E-state index contributed by atoms with van der Waals surface area (Å²) in [5.74, 6) is 0.713. The Balaban J connectivity index is 1.88. The molecule has 0 fully saturated rings. The molecule has 0 unspecified atom stereocenters. The molecule has 0 radical (unpaired) electrons. The number of ketones is 1. The fraction of sp³-hybridized carbons (Fsp3) is 0.136. The van der Waals surface area contributed by atoms with Gasteiger partial charge in [-0.3, -0.25) is 4.79 Å². The summed E-state index contributed by atoms with van der Waals surface area (Å²) in [6.07, 6.45) is 0. The summed E-state index contributed by atoms with van der Waals surface area (Å²) >= 11 is 0. The van der Waals surface area contributed by atoms with Crippen molar-refractivity contribution in [3.05, 3.63) is 90.0 Å². The fourth-order valence-corrected chi connectivity index (χ4v) is 5.35. The molecular weight excluding hydrogens is 324 g/mol. The van der Waals surface area contributed by atoms with Gasteiger partial charge in [0.15, 0.2) is 5.78 Å². The highest BCUT2D eigenvalue weighted by molar-refractivity contribution is 7.00. The number of benzene rings is 3. The second-order valence-electron chi connectivity index (χ2n) is 6.63. The third kappa shape index (κ3) is 3.56. The maximum absolute atomic E-state index is 12.7. The number of ether oxygens (including phenoxy) is 1. The first-order chi connectivity index (χ1) is 12.0. The number of rotatable bonds is 5. The molecule has 0 aliphatic carbocycles. The Kier molecular flexibility index (Phi) is 4.86. The number of carbonyl (C=O) groups excluding carboxylic acids is 1. The maximum Gasteiger partial charge on any atom is 0.193 e. The molecular formula is C22H22O2Si. The van der Waals surface area contributed by atoms with Gasteiger partial charge in [-0.15, -0.1) is 0 Å². The Labute approximate surface area is 150 Å². The molecule has 2 nitrogen and oxygen atoms in total. The molecule has 0 aliphatic rings. The van der Waals surface area contributed by atoms with Crippen LogP contribution >= 0.6 is 0 Å². The van der Waals surface area contributed by atoms with Crippen LogP contribution in [0.15, 0.2) is 78.9 Å². The second kappa shape index (κ2) is 7.07. The Morgan fingerprint density at radius 3 is 2.04 bits per heavy atom. The Morgan fingerprint density at radius 2 is 1.40 bits per heavy atom. The smallest absolute Gasteiger partial charge is 0.193 e. The minimum Gasteiger partial charge on any atom is -0.497 e. The van der Waals surface area contributed by atoms with Crippen molar-refractivity contribution in [2.45, 2.75) is 13.1 Å². The normalized spacial score (nSPS) is 11.2. The van der Waals surface area contributed by atoms with E-state index in [-0.39, 0.29) is 5.78 Å². The summed E-state index contributed by atoms with van der Waals surface area (Å²) in [7, 11) is -0.133. The number of methoxy groups -OCH3 is 1. The highest BCUT2D eigenvalue weighted by Crippen LogP contribution is 2.16. The average Bonchev–Trinajstić information content (AvgIpc) is 2.68. The van der Waals surface area contributed by atoms with Crippen LogP contribution in [0.2, 0.25) is 13.1 Å². The minimum atomic E-state index is -1.74. The maximum atomic E-state index is 12.7. The Hall–Kier alpha value is -2.65. The number of carbonyl (C=O) groups is 1. The average molecular weight is 347 g/mol. The van der Waals surface area contributed by atoms with E-state index in [1.54, 1.807) is 13.2 Å². The van der Waals surface area contributed by atoms with Crippen molar-refractivity contribution in [2.75, 3.05) is 7.11 Å².